The highest BCUT2D eigenvalue weighted by atomic mass is 16.1. The topological polar surface area (TPSA) is 74.2 Å². The van der Waals surface area contributed by atoms with Crippen LogP contribution in [0.3, 0.4) is 0 Å². The molecule has 5 heteroatoms. The highest BCUT2D eigenvalue weighted by Crippen LogP contribution is 2.36. The average molecular weight is 298 g/mol. The van der Waals surface area contributed by atoms with E-state index in [1.54, 1.807) is 0 Å². The summed E-state index contributed by atoms with van der Waals surface area (Å²) < 4.78 is 0. The molecule has 5 nitrogen and oxygen atoms in total. The molecule has 0 bridgehead atoms. The van der Waals surface area contributed by atoms with Crippen LogP contribution in [0.25, 0.3) is 10.9 Å². The number of H-pyrrole nitrogens is 1. The molecule has 1 spiro atoms. The van der Waals surface area contributed by atoms with E-state index in [0.29, 0.717) is 11.1 Å². The predicted octanol–water partition coefficient (Wildman–Crippen LogP) is 1.45. The van der Waals surface area contributed by atoms with Crippen molar-refractivity contribution in [1.82, 2.24) is 15.2 Å². The molecule has 0 radical (unpaired) electrons. The lowest BCUT2D eigenvalue weighted by Crippen LogP contribution is -2.28. The number of primary amides is 1. The molecule has 1 unspecified atom stereocenters. The smallest absolute Gasteiger partial charge is 0.265 e. The zero-order chi connectivity index (χ0) is 15.2. The Balaban J connectivity index is 1.51. The third kappa shape index (κ3) is 2.40. The predicted molar refractivity (Wildman–Crippen MR) is 86.6 cm³/mol. The van der Waals surface area contributed by atoms with Crippen LogP contribution in [0.5, 0.6) is 0 Å². The molecule has 1 atom stereocenters. The number of benzene rings is 1. The number of nitrogens with zero attached hydrogens (tertiary/aromatic N) is 1. The number of rotatable bonds is 3. The highest BCUT2D eigenvalue weighted by molar-refractivity contribution is 5.97. The Kier molecular flexibility index (Phi) is 3.20. The summed E-state index contributed by atoms with van der Waals surface area (Å²) >= 11 is 0. The number of carbonyl (C=O) groups excluding carboxylic acids is 1. The molecule has 2 fully saturated rings. The van der Waals surface area contributed by atoms with E-state index in [2.05, 4.69) is 33.4 Å². The first-order valence-electron chi connectivity index (χ1n) is 7.98. The van der Waals surface area contributed by atoms with Gasteiger partial charge in [0.1, 0.15) is 5.69 Å². The van der Waals surface area contributed by atoms with Crippen molar-refractivity contribution in [3.8, 4) is 0 Å². The number of nitrogens with two attached hydrogens (primary N) is 1. The number of carbonyl (C=O) groups is 1. The van der Waals surface area contributed by atoms with E-state index in [1.165, 1.54) is 38.0 Å². The molecule has 0 aliphatic carbocycles. The molecule has 1 aromatic carbocycles. The van der Waals surface area contributed by atoms with Crippen molar-refractivity contribution in [1.29, 1.82) is 0 Å². The maximum atomic E-state index is 11.3. The Hall–Kier alpha value is -1.85. The van der Waals surface area contributed by atoms with Gasteiger partial charge in [-0.1, -0.05) is 12.1 Å². The maximum absolute atomic E-state index is 11.3. The number of aromatic amines is 1. The van der Waals surface area contributed by atoms with Gasteiger partial charge in [0, 0.05) is 30.5 Å². The zero-order valence-electron chi connectivity index (χ0n) is 12.7. The average Bonchev–Trinajstić information content (AvgIpc) is 3.20. The fraction of sp³-hybridized carbons (Fsp3) is 0.471. The molecule has 2 saturated heterocycles. The van der Waals surface area contributed by atoms with E-state index in [9.17, 15) is 4.79 Å². The van der Waals surface area contributed by atoms with Crippen molar-refractivity contribution >= 4 is 16.8 Å². The van der Waals surface area contributed by atoms with Crippen LogP contribution in [0.4, 0.5) is 0 Å². The number of amides is 1. The second kappa shape index (κ2) is 5.11. The van der Waals surface area contributed by atoms with Crippen LogP contribution < -0.4 is 11.1 Å². The van der Waals surface area contributed by atoms with E-state index in [0.717, 1.165) is 24.0 Å². The molecule has 116 valence electrons. The fourth-order valence-corrected chi connectivity index (χ4v) is 3.97. The molecular weight excluding hydrogens is 276 g/mol. The molecular formula is C17H22N4O. The van der Waals surface area contributed by atoms with Gasteiger partial charge in [0.25, 0.3) is 5.91 Å². The van der Waals surface area contributed by atoms with E-state index in [4.69, 9.17) is 5.73 Å². The molecule has 2 aliphatic heterocycles. The van der Waals surface area contributed by atoms with E-state index >= 15 is 0 Å². The first-order valence-corrected chi connectivity index (χ1v) is 7.98. The van der Waals surface area contributed by atoms with Crippen molar-refractivity contribution < 1.29 is 4.79 Å². The van der Waals surface area contributed by atoms with Gasteiger partial charge in [0.15, 0.2) is 0 Å². The summed E-state index contributed by atoms with van der Waals surface area (Å²) in [5.74, 6) is -0.409. The van der Waals surface area contributed by atoms with Gasteiger partial charge in [0.05, 0.1) is 0 Å². The second-order valence-corrected chi connectivity index (χ2v) is 6.86. The summed E-state index contributed by atoms with van der Waals surface area (Å²) in [4.78, 5) is 16.9. The normalized spacial score (nSPS) is 25.5. The van der Waals surface area contributed by atoms with Gasteiger partial charge in [-0.2, -0.15) is 0 Å². The standard InChI is InChI=1S/C17H22N4O/c18-16(22)15-8-13-2-1-12(7-14(13)20-15)9-21-6-4-17(11-21)3-5-19-10-17/h1-2,7-8,19-20H,3-6,9-11H2,(H2,18,22). The lowest BCUT2D eigenvalue weighted by atomic mass is 9.86. The van der Waals surface area contributed by atoms with Gasteiger partial charge in [0.2, 0.25) is 0 Å². The number of aromatic nitrogens is 1. The van der Waals surface area contributed by atoms with Gasteiger partial charge in [-0.25, -0.2) is 0 Å². The highest BCUT2D eigenvalue weighted by Gasteiger charge is 2.39. The van der Waals surface area contributed by atoms with Gasteiger partial charge < -0.3 is 16.0 Å². The summed E-state index contributed by atoms with van der Waals surface area (Å²) in [6, 6.07) is 8.17. The van der Waals surface area contributed by atoms with Crippen molar-refractivity contribution in [2.45, 2.75) is 19.4 Å². The van der Waals surface area contributed by atoms with Crippen molar-refractivity contribution in [2.24, 2.45) is 11.1 Å². The number of nitrogens with one attached hydrogen (secondary N) is 2. The number of hydrogen-bond acceptors (Lipinski definition) is 3. The maximum Gasteiger partial charge on any atom is 0.265 e. The lowest BCUT2D eigenvalue weighted by molar-refractivity contribution is 0.0996. The molecule has 4 N–H and O–H groups in total. The Morgan fingerprint density at radius 3 is 3.00 bits per heavy atom. The van der Waals surface area contributed by atoms with Crippen molar-refractivity contribution in [2.75, 3.05) is 26.2 Å². The summed E-state index contributed by atoms with van der Waals surface area (Å²) in [5.41, 5.74) is 8.59. The van der Waals surface area contributed by atoms with Gasteiger partial charge in [-0.15, -0.1) is 0 Å². The third-order valence-electron chi connectivity index (χ3n) is 5.21. The fourth-order valence-electron chi connectivity index (χ4n) is 3.97. The molecule has 1 aromatic heterocycles. The summed E-state index contributed by atoms with van der Waals surface area (Å²) in [6.45, 7) is 5.67. The molecule has 2 aliphatic rings. The number of likely N-dealkylation sites (tertiary alicyclic amines) is 1. The van der Waals surface area contributed by atoms with Crippen LogP contribution >= 0.6 is 0 Å². The van der Waals surface area contributed by atoms with Crippen LogP contribution in [0, 0.1) is 5.41 Å². The summed E-state index contributed by atoms with van der Waals surface area (Å²) in [6.07, 6.45) is 2.61. The van der Waals surface area contributed by atoms with Gasteiger partial charge in [-0.3, -0.25) is 9.69 Å². The van der Waals surface area contributed by atoms with Crippen LogP contribution in [-0.4, -0.2) is 42.0 Å². The number of fused-ring (bicyclic) bond motifs is 1. The Bertz CT molecular complexity index is 715. The Labute approximate surface area is 129 Å². The molecule has 22 heavy (non-hydrogen) atoms. The first-order chi connectivity index (χ1) is 10.6. The Morgan fingerprint density at radius 2 is 2.23 bits per heavy atom. The molecule has 1 amide bonds. The quantitative estimate of drug-likeness (QED) is 0.803. The number of hydrogen-bond donors (Lipinski definition) is 3. The van der Waals surface area contributed by atoms with E-state index in [1.807, 2.05) is 6.07 Å². The van der Waals surface area contributed by atoms with Crippen molar-refractivity contribution in [3.63, 3.8) is 0 Å². The summed E-state index contributed by atoms with van der Waals surface area (Å²) in [7, 11) is 0. The molecule has 2 aromatic rings. The van der Waals surface area contributed by atoms with Crippen molar-refractivity contribution in [3.05, 3.63) is 35.5 Å². The molecule has 3 heterocycles. The van der Waals surface area contributed by atoms with Gasteiger partial charge >= 0.3 is 0 Å². The SMILES string of the molecule is NC(=O)c1cc2ccc(CN3CCC4(CCNC4)C3)cc2[nH]1. The van der Waals surface area contributed by atoms with Crippen LogP contribution in [-0.2, 0) is 6.54 Å². The monoisotopic (exact) mass is 298 g/mol. The lowest BCUT2D eigenvalue weighted by Gasteiger charge is -2.22. The molecule has 4 rings (SSSR count). The third-order valence-corrected chi connectivity index (χ3v) is 5.21. The van der Waals surface area contributed by atoms with Gasteiger partial charge in [-0.05, 0) is 49.0 Å². The van der Waals surface area contributed by atoms with E-state index < -0.39 is 5.91 Å². The largest absolute Gasteiger partial charge is 0.364 e. The summed E-state index contributed by atoms with van der Waals surface area (Å²) in [5, 5.41) is 4.54. The second-order valence-electron chi connectivity index (χ2n) is 6.86. The zero-order valence-corrected chi connectivity index (χ0v) is 12.7. The van der Waals surface area contributed by atoms with E-state index in [-0.39, 0.29) is 0 Å². The Morgan fingerprint density at radius 1 is 1.32 bits per heavy atom. The van der Waals surface area contributed by atoms with Crippen LogP contribution in [0.15, 0.2) is 24.3 Å². The minimum Gasteiger partial charge on any atom is -0.364 e. The first kappa shape index (κ1) is 13.8. The van der Waals surface area contributed by atoms with Crippen LogP contribution in [0.1, 0.15) is 28.9 Å². The molecule has 0 saturated carbocycles. The minimum absolute atomic E-state index is 0.409. The minimum atomic E-state index is -0.409. The van der Waals surface area contributed by atoms with Crippen LogP contribution in [0.2, 0.25) is 0 Å².